The van der Waals surface area contributed by atoms with Crippen molar-refractivity contribution in [3.63, 3.8) is 0 Å². The zero-order valence-corrected chi connectivity index (χ0v) is 21.3. The van der Waals surface area contributed by atoms with Gasteiger partial charge in [0.1, 0.15) is 0 Å². The quantitative estimate of drug-likeness (QED) is 0.329. The van der Waals surface area contributed by atoms with Crippen molar-refractivity contribution in [2.24, 2.45) is 5.73 Å². The molecule has 184 valence electrons. The maximum atomic E-state index is 13.0. The van der Waals surface area contributed by atoms with E-state index in [1.807, 2.05) is 13.8 Å². The summed E-state index contributed by atoms with van der Waals surface area (Å²) in [5, 5.41) is 0. The van der Waals surface area contributed by atoms with E-state index in [1.54, 1.807) is 6.92 Å². The highest BCUT2D eigenvalue weighted by Crippen LogP contribution is 2.34. The van der Waals surface area contributed by atoms with Crippen molar-refractivity contribution in [3.05, 3.63) is 65.4 Å². The van der Waals surface area contributed by atoms with Gasteiger partial charge in [-0.1, -0.05) is 105 Å². The van der Waals surface area contributed by atoms with Crippen LogP contribution < -0.4 is 5.73 Å². The molecule has 1 aromatic rings. The van der Waals surface area contributed by atoms with E-state index in [0.29, 0.717) is 12.1 Å². The molecule has 0 spiro atoms. The summed E-state index contributed by atoms with van der Waals surface area (Å²) in [6.07, 6.45) is 4.13. The van der Waals surface area contributed by atoms with Crippen molar-refractivity contribution in [2.45, 2.75) is 93.7 Å². The van der Waals surface area contributed by atoms with Crippen molar-refractivity contribution >= 4 is 11.4 Å². The van der Waals surface area contributed by atoms with E-state index >= 15 is 0 Å². The molecule has 0 aliphatic rings. The molecule has 1 aromatic carbocycles. The van der Waals surface area contributed by atoms with Crippen molar-refractivity contribution in [2.75, 3.05) is 0 Å². The first-order valence-corrected chi connectivity index (χ1v) is 11.5. The fourth-order valence-corrected chi connectivity index (χ4v) is 2.28. The average molecular weight is 456 g/mol. The van der Waals surface area contributed by atoms with Gasteiger partial charge in [0.2, 0.25) is 0 Å². The number of Topliss-reactive ketones (excluding diaryl/α,β-unsaturated/α-hetero) is 1. The molecule has 0 amide bonds. The Labute approximate surface area is 194 Å². The van der Waals surface area contributed by atoms with Gasteiger partial charge in [-0.2, -0.15) is 13.2 Å². The first-order chi connectivity index (χ1) is 15.0. The predicted octanol–water partition coefficient (Wildman–Crippen LogP) is 9.13. The lowest BCUT2D eigenvalue weighted by atomic mass is 9.98. The molecular weight excluding hydrogens is 411 g/mol. The number of carbonyl (C=O) groups is 1. The van der Waals surface area contributed by atoms with Crippen molar-refractivity contribution in [1.29, 1.82) is 0 Å². The first-order valence-electron chi connectivity index (χ1n) is 11.5. The summed E-state index contributed by atoms with van der Waals surface area (Å²) in [4.78, 5) is 11.5. The molecule has 0 bridgehead atoms. The Bertz CT molecular complexity index is 699. The number of halogens is 3. The standard InChI is InChI=1S/C17H18F3NO.C5H12.C3H8.C2H6/c1-4-16(21)14(12(3)22)10-9-11(2)13-7-5-6-8-15(13)17(18,19)20;1-3-5-4-2;1-3-2;1-2/h5-10H,2,4,21H2,1,3H3;3-5H2,1-2H3;3H2,1-2H3;1-2H3/b10-9-,16-14-;;;. The third-order valence-corrected chi connectivity index (χ3v) is 3.84. The summed E-state index contributed by atoms with van der Waals surface area (Å²) in [5.74, 6) is -0.243. The van der Waals surface area contributed by atoms with Gasteiger partial charge in [-0.05, 0) is 36.6 Å². The fraction of sp³-hybridized carbons (Fsp3) is 0.519. The third kappa shape index (κ3) is 15.5. The third-order valence-electron chi connectivity index (χ3n) is 3.84. The second-order valence-electron chi connectivity index (χ2n) is 6.81. The molecule has 32 heavy (non-hydrogen) atoms. The lowest BCUT2D eigenvalue weighted by Gasteiger charge is -2.12. The number of ketones is 1. The number of benzene rings is 1. The molecule has 5 heteroatoms. The Morgan fingerprint density at radius 3 is 1.81 bits per heavy atom. The zero-order chi connectivity index (χ0) is 25.7. The molecule has 0 aliphatic carbocycles. The summed E-state index contributed by atoms with van der Waals surface area (Å²) in [7, 11) is 0. The number of allylic oxidation sites excluding steroid dienone is 5. The fourth-order valence-electron chi connectivity index (χ4n) is 2.28. The molecule has 0 saturated carbocycles. The number of alkyl halides is 3. The van der Waals surface area contributed by atoms with E-state index in [-0.39, 0.29) is 22.5 Å². The van der Waals surface area contributed by atoms with Gasteiger partial charge in [0.15, 0.2) is 5.78 Å². The van der Waals surface area contributed by atoms with Crippen LogP contribution >= 0.6 is 0 Å². The highest BCUT2D eigenvalue weighted by molar-refractivity contribution is 5.97. The van der Waals surface area contributed by atoms with E-state index in [4.69, 9.17) is 5.73 Å². The van der Waals surface area contributed by atoms with Gasteiger partial charge < -0.3 is 5.73 Å². The van der Waals surface area contributed by atoms with Crippen LogP contribution in [0.5, 0.6) is 0 Å². The second kappa shape index (κ2) is 20.6. The monoisotopic (exact) mass is 455 g/mol. The van der Waals surface area contributed by atoms with Crippen LogP contribution in [0, 0.1) is 0 Å². The van der Waals surface area contributed by atoms with Crippen LogP contribution in [0.4, 0.5) is 13.2 Å². The van der Waals surface area contributed by atoms with E-state index in [9.17, 15) is 18.0 Å². The molecule has 0 aromatic heterocycles. The molecule has 0 fully saturated rings. The van der Waals surface area contributed by atoms with Gasteiger partial charge in [0.25, 0.3) is 0 Å². The Hall–Kier alpha value is -2.30. The summed E-state index contributed by atoms with van der Waals surface area (Å²) < 4.78 is 38.9. The minimum absolute atomic E-state index is 0.0239. The van der Waals surface area contributed by atoms with Crippen LogP contribution in [0.2, 0.25) is 0 Å². The van der Waals surface area contributed by atoms with Gasteiger partial charge in [0, 0.05) is 11.3 Å². The highest BCUT2D eigenvalue weighted by atomic mass is 19.4. The van der Waals surface area contributed by atoms with Crippen molar-refractivity contribution in [3.8, 4) is 0 Å². The summed E-state index contributed by atoms with van der Waals surface area (Å²) >= 11 is 0. The minimum atomic E-state index is -4.46. The Balaban J connectivity index is -0.000000711. The molecular formula is C27H44F3NO. The Morgan fingerprint density at radius 1 is 1.00 bits per heavy atom. The number of hydrogen-bond donors (Lipinski definition) is 1. The minimum Gasteiger partial charge on any atom is -0.401 e. The van der Waals surface area contributed by atoms with E-state index in [0.717, 1.165) is 6.07 Å². The summed E-state index contributed by atoms with van der Waals surface area (Å²) in [6.45, 7) is 19.5. The topological polar surface area (TPSA) is 43.1 Å². The molecule has 0 heterocycles. The molecule has 1 rings (SSSR count). The average Bonchev–Trinajstić information content (AvgIpc) is 2.75. The lowest BCUT2D eigenvalue weighted by Crippen LogP contribution is -2.08. The Kier molecular flexibility index (Phi) is 22.1. The van der Waals surface area contributed by atoms with Crippen molar-refractivity contribution < 1.29 is 18.0 Å². The van der Waals surface area contributed by atoms with E-state index in [2.05, 4.69) is 34.3 Å². The van der Waals surface area contributed by atoms with Crippen LogP contribution in [0.15, 0.2) is 54.3 Å². The SMILES string of the molecule is C=C(/C=C\C(C(C)=O)=C(\N)CC)c1ccccc1C(F)(F)F.CC.CCC.CCCCC. The lowest BCUT2D eigenvalue weighted by molar-refractivity contribution is -0.137. The molecule has 0 aliphatic heterocycles. The second-order valence-corrected chi connectivity index (χ2v) is 6.81. The smallest absolute Gasteiger partial charge is 0.401 e. The molecule has 0 unspecified atom stereocenters. The summed E-state index contributed by atoms with van der Waals surface area (Å²) in [6, 6.07) is 5.16. The zero-order valence-electron chi connectivity index (χ0n) is 21.3. The van der Waals surface area contributed by atoms with Crippen LogP contribution in [-0.4, -0.2) is 5.78 Å². The normalized spacial score (nSPS) is 11.1. The van der Waals surface area contributed by atoms with Crippen LogP contribution in [0.3, 0.4) is 0 Å². The van der Waals surface area contributed by atoms with Crippen LogP contribution in [-0.2, 0) is 11.0 Å². The van der Waals surface area contributed by atoms with Gasteiger partial charge >= 0.3 is 6.18 Å². The van der Waals surface area contributed by atoms with E-state index < -0.39 is 11.7 Å². The molecule has 0 atom stereocenters. The number of nitrogens with two attached hydrogens (primary N) is 1. The number of carbonyl (C=O) groups excluding carboxylic acids is 1. The molecule has 2 N–H and O–H groups in total. The van der Waals surface area contributed by atoms with Gasteiger partial charge in [-0.15, -0.1) is 0 Å². The maximum absolute atomic E-state index is 13.0. The highest BCUT2D eigenvalue weighted by Gasteiger charge is 2.33. The van der Waals surface area contributed by atoms with Gasteiger partial charge in [0.05, 0.1) is 5.56 Å². The van der Waals surface area contributed by atoms with Gasteiger partial charge in [-0.3, -0.25) is 4.79 Å². The van der Waals surface area contributed by atoms with E-state index in [1.165, 1.54) is 63.0 Å². The summed E-state index contributed by atoms with van der Waals surface area (Å²) in [5.41, 5.74) is 5.79. The van der Waals surface area contributed by atoms with Gasteiger partial charge in [-0.25, -0.2) is 0 Å². The first kappa shape index (κ1) is 34.3. The van der Waals surface area contributed by atoms with Crippen molar-refractivity contribution in [1.82, 2.24) is 0 Å². The predicted molar refractivity (Wildman–Crippen MR) is 134 cm³/mol. The largest absolute Gasteiger partial charge is 0.417 e. The number of unbranched alkanes of at least 4 members (excludes halogenated alkanes) is 2. The molecule has 2 nitrogen and oxygen atoms in total. The van der Waals surface area contributed by atoms with Crippen LogP contribution in [0.1, 0.15) is 98.6 Å². The number of hydrogen-bond acceptors (Lipinski definition) is 2. The maximum Gasteiger partial charge on any atom is 0.417 e. The Morgan fingerprint density at radius 2 is 1.47 bits per heavy atom. The molecule has 0 radical (unpaired) electrons. The molecule has 0 saturated heterocycles. The number of rotatable bonds is 7. The van der Waals surface area contributed by atoms with Crippen LogP contribution in [0.25, 0.3) is 5.57 Å².